The first-order chi connectivity index (χ1) is 7.36. The van der Waals surface area contributed by atoms with Crippen LogP contribution in [-0.2, 0) is 5.41 Å². The van der Waals surface area contributed by atoms with E-state index < -0.39 is 0 Å². The van der Waals surface area contributed by atoms with Gasteiger partial charge in [-0.15, -0.1) is 0 Å². The van der Waals surface area contributed by atoms with Gasteiger partial charge in [0, 0.05) is 0 Å². The van der Waals surface area contributed by atoms with Crippen LogP contribution >= 0.6 is 0 Å². The van der Waals surface area contributed by atoms with Crippen molar-refractivity contribution in [2.45, 2.75) is 52.4 Å². The summed E-state index contributed by atoms with van der Waals surface area (Å²) < 4.78 is 0. The molecule has 0 radical (unpaired) electrons. The summed E-state index contributed by atoms with van der Waals surface area (Å²) in [6, 6.07) is 6.86. The van der Waals surface area contributed by atoms with Gasteiger partial charge in [0.1, 0.15) is 0 Å². The molecule has 0 aromatic heterocycles. The number of nitrogens with two attached hydrogens (primary N) is 1. The zero-order chi connectivity index (χ0) is 12.3. The Balaban J connectivity index is 3.00. The molecule has 1 aromatic rings. The van der Waals surface area contributed by atoms with Gasteiger partial charge in [-0.05, 0) is 47.9 Å². The molecule has 0 amide bonds. The summed E-state index contributed by atoms with van der Waals surface area (Å²) in [5.41, 5.74) is 10.1. The molecule has 0 fully saturated rings. The molecule has 0 bridgehead atoms. The number of hydrogen-bond donors (Lipinski definition) is 1. The quantitative estimate of drug-likeness (QED) is 0.823. The van der Waals surface area contributed by atoms with E-state index in [0.717, 1.165) is 13.0 Å². The Kier molecular flexibility index (Phi) is 4.15. The van der Waals surface area contributed by atoms with Gasteiger partial charge in [0.05, 0.1) is 0 Å². The van der Waals surface area contributed by atoms with E-state index in [0.29, 0.717) is 5.92 Å². The molecular formula is C15H25N. The Morgan fingerprint density at radius 1 is 1.25 bits per heavy atom. The second kappa shape index (κ2) is 5.01. The van der Waals surface area contributed by atoms with Gasteiger partial charge in [-0.2, -0.15) is 0 Å². The fourth-order valence-electron chi connectivity index (χ4n) is 2.10. The van der Waals surface area contributed by atoms with Crippen molar-refractivity contribution in [3.8, 4) is 0 Å². The fourth-order valence-corrected chi connectivity index (χ4v) is 2.10. The third kappa shape index (κ3) is 3.08. The van der Waals surface area contributed by atoms with Crippen molar-refractivity contribution in [2.24, 2.45) is 5.73 Å². The van der Waals surface area contributed by atoms with E-state index in [2.05, 4.69) is 52.8 Å². The number of hydrogen-bond acceptors (Lipinski definition) is 1. The van der Waals surface area contributed by atoms with Gasteiger partial charge < -0.3 is 5.73 Å². The highest BCUT2D eigenvalue weighted by Crippen LogP contribution is 2.28. The van der Waals surface area contributed by atoms with E-state index in [1.165, 1.54) is 16.7 Å². The highest BCUT2D eigenvalue weighted by Gasteiger charge is 2.15. The molecule has 1 heteroatoms. The summed E-state index contributed by atoms with van der Waals surface area (Å²) >= 11 is 0. The molecule has 1 nitrogen and oxygen atoms in total. The monoisotopic (exact) mass is 219 g/mol. The number of aryl methyl sites for hydroxylation is 1. The molecule has 1 aromatic carbocycles. The maximum atomic E-state index is 5.62. The van der Waals surface area contributed by atoms with Crippen LogP contribution in [0.15, 0.2) is 18.2 Å². The molecule has 2 N–H and O–H groups in total. The Hall–Kier alpha value is -0.820. The van der Waals surface area contributed by atoms with Crippen molar-refractivity contribution in [3.63, 3.8) is 0 Å². The SMILES string of the molecule is Cc1cc(C(C)(C)C)ccc1C(C)CCN. The number of rotatable bonds is 3. The van der Waals surface area contributed by atoms with E-state index in [-0.39, 0.29) is 5.41 Å². The van der Waals surface area contributed by atoms with E-state index in [9.17, 15) is 0 Å². The molecule has 0 saturated heterocycles. The van der Waals surface area contributed by atoms with E-state index in [4.69, 9.17) is 5.73 Å². The lowest BCUT2D eigenvalue weighted by atomic mass is 9.83. The van der Waals surface area contributed by atoms with Crippen LogP contribution in [0.1, 0.15) is 56.7 Å². The second-order valence-corrected chi connectivity index (χ2v) is 5.80. The van der Waals surface area contributed by atoms with Crippen LogP contribution in [0, 0.1) is 6.92 Å². The number of benzene rings is 1. The van der Waals surface area contributed by atoms with Crippen LogP contribution < -0.4 is 5.73 Å². The average Bonchev–Trinajstić information content (AvgIpc) is 2.16. The molecule has 1 unspecified atom stereocenters. The van der Waals surface area contributed by atoms with Crippen LogP contribution in [0.5, 0.6) is 0 Å². The Bertz CT molecular complexity index is 347. The maximum Gasteiger partial charge on any atom is -0.00715 e. The summed E-state index contributed by atoms with van der Waals surface area (Å²) in [6.45, 7) is 12.0. The topological polar surface area (TPSA) is 26.0 Å². The van der Waals surface area contributed by atoms with Gasteiger partial charge >= 0.3 is 0 Å². The summed E-state index contributed by atoms with van der Waals surface area (Å²) in [5.74, 6) is 0.569. The smallest absolute Gasteiger partial charge is 0.00715 e. The zero-order valence-corrected chi connectivity index (χ0v) is 11.3. The fraction of sp³-hybridized carbons (Fsp3) is 0.600. The molecule has 90 valence electrons. The third-order valence-corrected chi connectivity index (χ3v) is 3.27. The van der Waals surface area contributed by atoms with E-state index in [1.54, 1.807) is 0 Å². The van der Waals surface area contributed by atoms with Gasteiger partial charge in [-0.1, -0.05) is 45.9 Å². The van der Waals surface area contributed by atoms with Crippen LogP contribution in [-0.4, -0.2) is 6.54 Å². The summed E-state index contributed by atoms with van der Waals surface area (Å²) in [7, 11) is 0. The van der Waals surface area contributed by atoms with Crippen molar-refractivity contribution < 1.29 is 0 Å². The summed E-state index contributed by atoms with van der Waals surface area (Å²) in [4.78, 5) is 0. The van der Waals surface area contributed by atoms with Crippen molar-refractivity contribution >= 4 is 0 Å². The lowest BCUT2D eigenvalue weighted by Gasteiger charge is -2.22. The molecule has 0 heterocycles. The van der Waals surface area contributed by atoms with Gasteiger partial charge in [-0.3, -0.25) is 0 Å². The minimum Gasteiger partial charge on any atom is -0.330 e. The summed E-state index contributed by atoms with van der Waals surface area (Å²) in [5, 5.41) is 0. The predicted molar refractivity (Wildman–Crippen MR) is 72.0 cm³/mol. The van der Waals surface area contributed by atoms with Crippen molar-refractivity contribution in [3.05, 3.63) is 34.9 Å². The van der Waals surface area contributed by atoms with Gasteiger partial charge in [0.15, 0.2) is 0 Å². The van der Waals surface area contributed by atoms with E-state index >= 15 is 0 Å². The lowest BCUT2D eigenvalue weighted by Crippen LogP contribution is -2.12. The highest BCUT2D eigenvalue weighted by molar-refractivity contribution is 5.36. The molecule has 0 aliphatic rings. The molecule has 0 spiro atoms. The van der Waals surface area contributed by atoms with Gasteiger partial charge in [-0.25, -0.2) is 0 Å². The normalized spacial score (nSPS) is 13.9. The van der Waals surface area contributed by atoms with Crippen LogP contribution in [0.3, 0.4) is 0 Å². The van der Waals surface area contributed by atoms with Gasteiger partial charge in [0.25, 0.3) is 0 Å². The minimum atomic E-state index is 0.237. The Morgan fingerprint density at radius 2 is 1.88 bits per heavy atom. The molecule has 1 rings (SSSR count). The standard InChI is InChI=1S/C15H25N/c1-11(8-9-16)14-7-6-13(10-12(14)2)15(3,4)5/h6-7,10-11H,8-9,16H2,1-5H3. The summed E-state index contributed by atoms with van der Waals surface area (Å²) in [6.07, 6.45) is 1.07. The first-order valence-corrected chi connectivity index (χ1v) is 6.17. The molecule has 0 aliphatic heterocycles. The Labute approximate surface area is 100 Å². The second-order valence-electron chi connectivity index (χ2n) is 5.80. The van der Waals surface area contributed by atoms with Crippen LogP contribution in [0.2, 0.25) is 0 Å². The molecule has 0 aliphatic carbocycles. The van der Waals surface area contributed by atoms with Crippen molar-refractivity contribution in [1.29, 1.82) is 0 Å². The molecule has 16 heavy (non-hydrogen) atoms. The van der Waals surface area contributed by atoms with Crippen LogP contribution in [0.4, 0.5) is 0 Å². The van der Waals surface area contributed by atoms with Crippen LogP contribution in [0.25, 0.3) is 0 Å². The molecular weight excluding hydrogens is 194 g/mol. The first-order valence-electron chi connectivity index (χ1n) is 6.17. The predicted octanol–water partition coefficient (Wildman–Crippen LogP) is 3.74. The molecule has 0 saturated carbocycles. The van der Waals surface area contributed by atoms with Gasteiger partial charge in [0.2, 0.25) is 0 Å². The average molecular weight is 219 g/mol. The highest BCUT2D eigenvalue weighted by atomic mass is 14.5. The van der Waals surface area contributed by atoms with E-state index in [1.807, 2.05) is 0 Å². The minimum absolute atomic E-state index is 0.237. The zero-order valence-electron chi connectivity index (χ0n) is 11.3. The molecule has 1 atom stereocenters. The van der Waals surface area contributed by atoms with Crippen molar-refractivity contribution in [2.75, 3.05) is 6.54 Å². The third-order valence-electron chi connectivity index (χ3n) is 3.27. The Morgan fingerprint density at radius 3 is 2.31 bits per heavy atom. The largest absolute Gasteiger partial charge is 0.330 e. The maximum absolute atomic E-state index is 5.62. The first kappa shape index (κ1) is 13.2. The lowest BCUT2D eigenvalue weighted by molar-refractivity contribution is 0.588. The van der Waals surface area contributed by atoms with Crippen molar-refractivity contribution in [1.82, 2.24) is 0 Å².